The van der Waals surface area contributed by atoms with Crippen molar-refractivity contribution < 1.29 is 9.90 Å². The third-order valence-corrected chi connectivity index (χ3v) is 6.52. The largest absolute Gasteiger partial charge is 0.480 e. The van der Waals surface area contributed by atoms with Crippen LogP contribution < -0.4 is 5.73 Å². The van der Waals surface area contributed by atoms with Gasteiger partial charge in [-0.1, -0.05) is 29.8 Å². The quantitative estimate of drug-likeness (QED) is 0.871. The molecule has 0 aliphatic carbocycles. The summed E-state index contributed by atoms with van der Waals surface area (Å²) in [5.74, 6) is -0.323. The van der Waals surface area contributed by atoms with Crippen LogP contribution in [0.5, 0.6) is 0 Å². The number of hydrogen-bond donors (Lipinski definition) is 2. The minimum absolute atomic E-state index is 0.550. The fourth-order valence-electron chi connectivity index (χ4n) is 1.80. The van der Waals surface area contributed by atoms with Crippen molar-refractivity contribution in [1.29, 1.82) is 0 Å². The van der Waals surface area contributed by atoms with E-state index in [-0.39, 0.29) is 0 Å². The Balaban J connectivity index is 2.17. The third kappa shape index (κ3) is 3.11. The van der Waals surface area contributed by atoms with Gasteiger partial charge in [0.25, 0.3) is 0 Å². The number of thioether (sulfide) groups is 1. The summed E-state index contributed by atoms with van der Waals surface area (Å²) in [6, 6.07) is 7.07. The van der Waals surface area contributed by atoms with Gasteiger partial charge in [-0.05, 0) is 19.9 Å². The van der Waals surface area contributed by atoms with Crippen LogP contribution in [-0.2, 0) is 10.5 Å². The second-order valence-electron chi connectivity index (χ2n) is 5.04. The first-order valence-electron chi connectivity index (χ1n) is 6.11. The molecule has 1 heterocycles. The van der Waals surface area contributed by atoms with E-state index in [4.69, 9.17) is 22.4 Å². The zero-order valence-electron chi connectivity index (χ0n) is 11.2. The van der Waals surface area contributed by atoms with Crippen LogP contribution >= 0.6 is 34.7 Å². The summed E-state index contributed by atoms with van der Waals surface area (Å²) in [4.78, 5) is 12.1. The molecule has 0 unspecified atom stereocenters. The number of hydrogen-bond acceptors (Lipinski definition) is 4. The van der Waals surface area contributed by atoms with Crippen LogP contribution in [0.3, 0.4) is 0 Å². The van der Waals surface area contributed by atoms with E-state index in [0.717, 1.165) is 20.0 Å². The lowest BCUT2D eigenvalue weighted by atomic mass is 10.1. The van der Waals surface area contributed by atoms with Crippen molar-refractivity contribution >= 4 is 50.8 Å². The van der Waals surface area contributed by atoms with Crippen molar-refractivity contribution in [3.63, 3.8) is 0 Å². The Kier molecular flexibility index (Phi) is 4.64. The van der Waals surface area contributed by atoms with E-state index in [1.165, 1.54) is 11.8 Å². The molecule has 2 aromatic rings. The van der Waals surface area contributed by atoms with Gasteiger partial charge in [-0.15, -0.1) is 23.1 Å². The third-order valence-electron chi connectivity index (χ3n) is 3.19. The molecule has 6 heteroatoms. The van der Waals surface area contributed by atoms with Gasteiger partial charge in [0, 0.05) is 25.5 Å². The van der Waals surface area contributed by atoms with Gasteiger partial charge in [0.05, 0.1) is 5.02 Å². The van der Waals surface area contributed by atoms with Crippen molar-refractivity contribution in [2.24, 2.45) is 5.73 Å². The first-order valence-corrected chi connectivity index (χ1v) is 8.29. The maximum absolute atomic E-state index is 11.0. The summed E-state index contributed by atoms with van der Waals surface area (Å²) < 4.78 is 0.596. The number of carboxylic acid groups (broad SMARTS) is 1. The Labute approximate surface area is 131 Å². The van der Waals surface area contributed by atoms with Gasteiger partial charge in [-0.3, -0.25) is 4.79 Å². The predicted octanol–water partition coefficient (Wildman–Crippen LogP) is 3.98. The van der Waals surface area contributed by atoms with Gasteiger partial charge in [-0.25, -0.2) is 0 Å². The first-order chi connectivity index (χ1) is 9.33. The molecule has 0 fully saturated rings. The summed E-state index contributed by atoms with van der Waals surface area (Å²) in [6.45, 7) is 3.69. The molecule has 1 aromatic carbocycles. The van der Waals surface area contributed by atoms with Crippen LogP contribution in [0.25, 0.3) is 10.1 Å². The topological polar surface area (TPSA) is 63.3 Å². The van der Waals surface area contributed by atoms with Crippen LogP contribution in [0.1, 0.15) is 18.7 Å². The van der Waals surface area contributed by atoms with Gasteiger partial charge >= 0.3 is 5.97 Å². The van der Waals surface area contributed by atoms with Gasteiger partial charge in [0.15, 0.2) is 0 Å². The molecular weight excluding hydrogens is 314 g/mol. The number of aliphatic carboxylic acids is 1. The molecular formula is C14H16ClNO2S2. The summed E-state index contributed by atoms with van der Waals surface area (Å²) in [7, 11) is 0. The Morgan fingerprint density at radius 1 is 1.50 bits per heavy atom. The van der Waals surface area contributed by atoms with E-state index >= 15 is 0 Å². The highest BCUT2D eigenvalue weighted by molar-refractivity contribution is 8.00. The number of rotatable bonds is 5. The average molecular weight is 330 g/mol. The van der Waals surface area contributed by atoms with Crippen molar-refractivity contribution in [1.82, 2.24) is 0 Å². The normalized spacial score (nSPS) is 13.6. The lowest BCUT2D eigenvalue weighted by Gasteiger charge is -2.27. The standard InChI is InChI=1S/C14H16ClNO2S2/c1-14(2,12(16)13(17)18)19-7-10-11(15)8-5-3-4-6-9(8)20-10/h3-6,12H,7,16H2,1-2H3,(H,17,18)/t12-/m0/s1. The van der Waals surface area contributed by atoms with Crippen LogP contribution in [0.2, 0.25) is 5.02 Å². The molecule has 0 aliphatic rings. The second-order valence-corrected chi connectivity index (χ2v) is 8.19. The molecule has 0 radical (unpaired) electrons. The highest BCUT2D eigenvalue weighted by Gasteiger charge is 2.32. The van der Waals surface area contributed by atoms with Crippen molar-refractivity contribution in [2.45, 2.75) is 30.4 Å². The predicted molar refractivity (Wildman–Crippen MR) is 87.8 cm³/mol. The number of halogens is 1. The molecule has 0 saturated carbocycles. The highest BCUT2D eigenvalue weighted by atomic mass is 35.5. The Morgan fingerprint density at radius 3 is 2.75 bits per heavy atom. The highest BCUT2D eigenvalue weighted by Crippen LogP contribution is 2.40. The zero-order chi connectivity index (χ0) is 14.9. The maximum atomic E-state index is 11.0. The molecule has 2 rings (SSSR count). The number of carboxylic acids is 1. The fourth-order valence-corrected chi connectivity index (χ4v) is 4.51. The average Bonchev–Trinajstić information content (AvgIpc) is 2.73. The molecule has 20 heavy (non-hydrogen) atoms. The van der Waals surface area contributed by atoms with Crippen LogP contribution in [0.4, 0.5) is 0 Å². The van der Waals surface area contributed by atoms with Crippen LogP contribution in [0.15, 0.2) is 24.3 Å². The van der Waals surface area contributed by atoms with Crippen molar-refractivity contribution in [3.8, 4) is 0 Å². The SMILES string of the molecule is CC(C)(SCc1sc2ccccc2c1Cl)[C@@H](N)C(=O)O. The van der Waals surface area contributed by atoms with Crippen LogP contribution in [-0.4, -0.2) is 21.9 Å². The summed E-state index contributed by atoms with van der Waals surface area (Å²) in [5, 5.41) is 10.8. The summed E-state index contributed by atoms with van der Waals surface area (Å²) in [6.07, 6.45) is 0. The molecule has 1 aromatic heterocycles. The van der Waals surface area contributed by atoms with Gasteiger partial charge in [-0.2, -0.15) is 0 Å². The minimum atomic E-state index is -0.982. The molecule has 3 N–H and O–H groups in total. The molecule has 0 aliphatic heterocycles. The van der Waals surface area contributed by atoms with E-state index in [0.29, 0.717) is 5.75 Å². The van der Waals surface area contributed by atoms with Gasteiger partial charge in [0.1, 0.15) is 6.04 Å². The van der Waals surface area contributed by atoms with E-state index < -0.39 is 16.8 Å². The van der Waals surface area contributed by atoms with Crippen molar-refractivity contribution in [2.75, 3.05) is 0 Å². The number of fused-ring (bicyclic) bond motifs is 1. The van der Waals surface area contributed by atoms with E-state index in [2.05, 4.69) is 0 Å². The summed E-state index contributed by atoms with van der Waals surface area (Å²) in [5.41, 5.74) is 5.72. The fraction of sp³-hybridized carbons (Fsp3) is 0.357. The number of thiophene rings is 1. The number of benzene rings is 1. The molecule has 0 saturated heterocycles. The Morgan fingerprint density at radius 2 is 2.15 bits per heavy atom. The molecule has 0 spiro atoms. The smallest absolute Gasteiger partial charge is 0.321 e. The molecule has 0 bridgehead atoms. The number of carbonyl (C=O) groups is 1. The monoisotopic (exact) mass is 329 g/mol. The van der Waals surface area contributed by atoms with Crippen molar-refractivity contribution in [3.05, 3.63) is 34.2 Å². The molecule has 1 atom stereocenters. The molecule has 108 valence electrons. The van der Waals surface area contributed by atoms with E-state index in [1.54, 1.807) is 11.3 Å². The molecule has 0 amide bonds. The minimum Gasteiger partial charge on any atom is -0.480 e. The van der Waals surface area contributed by atoms with E-state index in [1.807, 2.05) is 38.1 Å². The number of nitrogens with two attached hydrogens (primary N) is 1. The Hall–Kier alpha value is -0.750. The van der Waals surface area contributed by atoms with E-state index in [9.17, 15) is 4.79 Å². The lowest BCUT2D eigenvalue weighted by molar-refractivity contribution is -0.139. The summed E-state index contributed by atoms with van der Waals surface area (Å²) >= 11 is 9.54. The Bertz CT molecular complexity index is 639. The first kappa shape index (κ1) is 15.6. The maximum Gasteiger partial charge on any atom is 0.321 e. The lowest BCUT2D eigenvalue weighted by Crippen LogP contribution is -2.46. The zero-order valence-corrected chi connectivity index (χ0v) is 13.6. The molecule has 3 nitrogen and oxygen atoms in total. The van der Waals surface area contributed by atoms with Gasteiger partial charge < -0.3 is 10.8 Å². The van der Waals surface area contributed by atoms with Gasteiger partial charge in [0.2, 0.25) is 0 Å². The second kappa shape index (κ2) is 5.93. The van der Waals surface area contributed by atoms with Crippen LogP contribution in [0, 0.1) is 0 Å².